The first-order valence-corrected chi connectivity index (χ1v) is 4.60. The molecular formula is C8H9ClN2O2. The summed E-state index contributed by atoms with van der Waals surface area (Å²) in [7, 11) is 0. The Morgan fingerprint density at radius 3 is 3.15 bits per heavy atom. The zero-order chi connectivity index (χ0) is 9.26. The maximum Gasteiger partial charge on any atom is 0.303 e. The number of hydrogen-bond acceptors (Lipinski definition) is 3. The molecule has 13 heavy (non-hydrogen) atoms. The first kappa shape index (κ1) is 8.56. The number of carbonyl (C=O) groups is 1. The fraction of sp³-hybridized carbons (Fsp3) is 0.500. The van der Waals surface area contributed by atoms with Gasteiger partial charge in [-0.25, -0.2) is 4.98 Å². The number of anilines is 1. The highest BCUT2D eigenvalue weighted by Crippen LogP contribution is 2.23. The van der Waals surface area contributed by atoms with Crippen molar-refractivity contribution in [3.8, 4) is 0 Å². The summed E-state index contributed by atoms with van der Waals surface area (Å²) in [5, 5.41) is 0. The molecule has 1 aliphatic rings. The Hall–Kier alpha value is -1.03. The van der Waals surface area contributed by atoms with Crippen molar-refractivity contribution in [1.29, 1.82) is 0 Å². The van der Waals surface area contributed by atoms with Crippen LogP contribution in [-0.2, 0) is 4.79 Å². The van der Waals surface area contributed by atoms with E-state index in [4.69, 9.17) is 16.0 Å². The van der Waals surface area contributed by atoms with Crippen LogP contribution in [0.3, 0.4) is 0 Å². The monoisotopic (exact) mass is 200 g/mol. The predicted octanol–water partition coefficient (Wildman–Crippen LogP) is 1.27. The summed E-state index contributed by atoms with van der Waals surface area (Å²) in [4.78, 5) is 16.9. The zero-order valence-corrected chi connectivity index (χ0v) is 7.70. The van der Waals surface area contributed by atoms with E-state index >= 15 is 0 Å². The van der Waals surface area contributed by atoms with Crippen molar-refractivity contribution in [2.75, 3.05) is 17.3 Å². The molecule has 2 rings (SSSR count). The molecule has 0 aromatic carbocycles. The molecule has 4 nitrogen and oxygen atoms in total. The molecule has 1 saturated heterocycles. The van der Waals surface area contributed by atoms with E-state index in [1.807, 2.05) is 0 Å². The van der Waals surface area contributed by atoms with Crippen molar-refractivity contribution in [3.63, 3.8) is 0 Å². The van der Waals surface area contributed by atoms with Crippen LogP contribution >= 0.6 is 11.6 Å². The van der Waals surface area contributed by atoms with E-state index < -0.39 is 0 Å². The van der Waals surface area contributed by atoms with Gasteiger partial charge in [0.25, 0.3) is 0 Å². The molecule has 0 spiro atoms. The van der Waals surface area contributed by atoms with E-state index in [1.165, 1.54) is 17.4 Å². The van der Waals surface area contributed by atoms with Gasteiger partial charge in [0, 0.05) is 18.8 Å². The highest BCUT2D eigenvalue weighted by atomic mass is 35.5. The summed E-state index contributed by atoms with van der Waals surface area (Å²) in [5.41, 5.74) is 0. The number of aromatic nitrogens is 1. The van der Waals surface area contributed by atoms with Crippen molar-refractivity contribution in [2.24, 2.45) is 5.92 Å². The summed E-state index contributed by atoms with van der Waals surface area (Å²) in [6, 6.07) is 0.373. The van der Waals surface area contributed by atoms with Gasteiger partial charge in [-0.2, -0.15) is 0 Å². The summed E-state index contributed by atoms with van der Waals surface area (Å²) >= 11 is 5.67. The van der Waals surface area contributed by atoms with E-state index in [9.17, 15) is 4.79 Å². The van der Waals surface area contributed by atoms with Crippen molar-refractivity contribution in [3.05, 3.63) is 12.5 Å². The number of alkyl halides is 1. The number of amides is 1. The Kier molecular flexibility index (Phi) is 2.22. The summed E-state index contributed by atoms with van der Waals surface area (Å²) in [6.45, 7) is 0.614. The minimum absolute atomic E-state index is 0.0353. The molecule has 2 heterocycles. The molecule has 0 radical (unpaired) electrons. The third-order valence-corrected chi connectivity index (χ3v) is 2.51. The lowest BCUT2D eigenvalue weighted by Gasteiger charge is -2.09. The van der Waals surface area contributed by atoms with Crippen LogP contribution in [0.25, 0.3) is 0 Å². The summed E-state index contributed by atoms with van der Waals surface area (Å²) in [5.74, 6) is 0.761. The SMILES string of the molecule is O=C1CC(CCl)CN1c1ncco1. The van der Waals surface area contributed by atoms with E-state index in [1.54, 1.807) is 0 Å². The quantitative estimate of drug-likeness (QED) is 0.676. The lowest BCUT2D eigenvalue weighted by Crippen LogP contribution is -2.24. The Labute approximate surface area is 80.5 Å². The lowest BCUT2D eigenvalue weighted by atomic mass is 10.2. The minimum atomic E-state index is 0.0353. The Bertz CT molecular complexity index is 299. The van der Waals surface area contributed by atoms with Gasteiger partial charge < -0.3 is 4.42 Å². The first-order chi connectivity index (χ1) is 6.31. The Morgan fingerprint density at radius 2 is 2.62 bits per heavy atom. The van der Waals surface area contributed by atoms with Crippen molar-refractivity contribution >= 4 is 23.5 Å². The van der Waals surface area contributed by atoms with Crippen LogP contribution in [0.1, 0.15) is 6.42 Å². The lowest BCUT2D eigenvalue weighted by molar-refractivity contribution is -0.117. The predicted molar refractivity (Wildman–Crippen MR) is 47.7 cm³/mol. The molecule has 1 amide bonds. The van der Waals surface area contributed by atoms with Gasteiger partial charge in [0.15, 0.2) is 0 Å². The molecule has 0 saturated carbocycles. The standard InChI is InChI=1S/C8H9ClN2O2/c9-4-6-3-7(12)11(5-6)8-10-1-2-13-8/h1-2,6H,3-5H2. The highest BCUT2D eigenvalue weighted by Gasteiger charge is 2.32. The molecule has 70 valence electrons. The maximum atomic E-state index is 11.4. The van der Waals surface area contributed by atoms with Crippen molar-refractivity contribution in [1.82, 2.24) is 4.98 Å². The van der Waals surface area contributed by atoms with Crippen LogP contribution in [0.5, 0.6) is 0 Å². The smallest absolute Gasteiger partial charge is 0.303 e. The largest absolute Gasteiger partial charge is 0.432 e. The molecule has 1 atom stereocenters. The van der Waals surface area contributed by atoms with Crippen molar-refractivity contribution in [2.45, 2.75) is 6.42 Å². The zero-order valence-electron chi connectivity index (χ0n) is 6.94. The molecule has 0 N–H and O–H groups in total. The van der Waals surface area contributed by atoms with Crippen LogP contribution < -0.4 is 4.90 Å². The average molecular weight is 201 g/mol. The van der Waals surface area contributed by atoms with Crippen LogP contribution in [0.4, 0.5) is 6.01 Å². The molecule has 1 aliphatic heterocycles. The minimum Gasteiger partial charge on any atom is -0.432 e. The van der Waals surface area contributed by atoms with Crippen LogP contribution in [0.2, 0.25) is 0 Å². The van der Waals surface area contributed by atoms with Gasteiger partial charge in [0.2, 0.25) is 5.91 Å². The van der Waals surface area contributed by atoms with E-state index in [2.05, 4.69) is 4.98 Å². The normalized spacial score (nSPS) is 22.7. The Balaban J connectivity index is 2.14. The number of carbonyl (C=O) groups excluding carboxylic acids is 1. The molecule has 1 aromatic rings. The topological polar surface area (TPSA) is 46.3 Å². The third-order valence-electron chi connectivity index (χ3n) is 2.07. The van der Waals surface area contributed by atoms with Crippen LogP contribution in [0.15, 0.2) is 16.9 Å². The molecule has 5 heteroatoms. The fourth-order valence-electron chi connectivity index (χ4n) is 1.42. The van der Waals surface area contributed by atoms with E-state index in [0.717, 1.165) is 0 Å². The van der Waals surface area contributed by atoms with Gasteiger partial charge in [-0.15, -0.1) is 11.6 Å². The van der Waals surface area contributed by atoms with Gasteiger partial charge in [-0.3, -0.25) is 9.69 Å². The first-order valence-electron chi connectivity index (χ1n) is 4.07. The number of oxazole rings is 1. The fourth-order valence-corrected chi connectivity index (χ4v) is 1.63. The summed E-state index contributed by atoms with van der Waals surface area (Å²) in [6.07, 6.45) is 3.47. The molecule has 0 bridgehead atoms. The van der Waals surface area contributed by atoms with Crippen LogP contribution in [0, 0.1) is 5.92 Å². The molecule has 0 aliphatic carbocycles. The van der Waals surface area contributed by atoms with Gasteiger partial charge in [-0.05, 0) is 5.92 Å². The number of rotatable bonds is 2. The highest BCUT2D eigenvalue weighted by molar-refractivity contribution is 6.18. The summed E-state index contributed by atoms with van der Waals surface area (Å²) < 4.78 is 5.03. The second-order valence-corrected chi connectivity index (χ2v) is 3.35. The molecule has 1 aromatic heterocycles. The maximum absolute atomic E-state index is 11.4. The van der Waals surface area contributed by atoms with Gasteiger partial charge >= 0.3 is 6.01 Å². The number of nitrogens with zero attached hydrogens (tertiary/aromatic N) is 2. The third kappa shape index (κ3) is 1.54. The van der Waals surface area contributed by atoms with Gasteiger partial charge in [0.05, 0.1) is 6.20 Å². The molecule has 1 fully saturated rings. The molecular weight excluding hydrogens is 192 g/mol. The van der Waals surface area contributed by atoms with Gasteiger partial charge in [0.1, 0.15) is 6.26 Å². The Morgan fingerprint density at radius 1 is 1.77 bits per heavy atom. The second kappa shape index (κ2) is 3.38. The van der Waals surface area contributed by atoms with E-state index in [0.29, 0.717) is 24.9 Å². The molecule has 1 unspecified atom stereocenters. The number of halogens is 1. The number of hydrogen-bond donors (Lipinski definition) is 0. The average Bonchev–Trinajstić information content (AvgIpc) is 2.72. The second-order valence-electron chi connectivity index (χ2n) is 3.04. The van der Waals surface area contributed by atoms with E-state index in [-0.39, 0.29) is 11.8 Å². The van der Waals surface area contributed by atoms with Crippen molar-refractivity contribution < 1.29 is 9.21 Å². The van der Waals surface area contributed by atoms with Gasteiger partial charge in [-0.1, -0.05) is 0 Å². The van der Waals surface area contributed by atoms with Crippen LogP contribution in [-0.4, -0.2) is 23.3 Å².